The number of furan rings is 1. The van der Waals surface area contributed by atoms with Gasteiger partial charge in [-0.15, -0.1) is 0 Å². The molecule has 3 aromatic rings. The van der Waals surface area contributed by atoms with Crippen LogP contribution in [0, 0.1) is 5.92 Å². The van der Waals surface area contributed by atoms with Gasteiger partial charge in [0, 0.05) is 19.0 Å². The Balaban J connectivity index is 1.43. The van der Waals surface area contributed by atoms with Crippen LogP contribution in [0.5, 0.6) is 0 Å². The summed E-state index contributed by atoms with van der Waals surface area (Å²) in [7, 11) is 1.67. The molecule has 138 valence electrons. The number of carbonyl (C=O) groups excluding carboxylic acids is 1. The molecule has 2 aromatic heterocycles. The highest BCUT2D eigenvalue weighted by Crippen LogP contribution is 2.47. The van der Waals surface area contributed by atoms with E-state index in [2.05, 4.69) is 16.9 Å². The number of nitrogens with one attached hydrogen (secondary N) is 1. The fourth-order valence-electron chi connectivity index (χ4n) is 3.17. The molecule has 2 unspecified atom stereocenters. The summed E-state index contributed by atoms with van der Waals surface area (Å²) in [5, 5.41) is 0.536. The van der Waals surface area contributed by atoms with E-state index in [9.17, 15) is 9.59 Å². The number of aromatic amines is 1. The van der Waals surface area contributed by atoms with Gasteiger partial charge in [-0.2, -0.15) is 0 Å². The minimum atomic E-state index is -0.204. The van der Waals surface area contributed by atoms with Crippen molar-refractivity contribution < 1.29 is 9.21 Å². The van der Waals surface area contributed by atoms with E-state index in [0.29, 0.717) is 34.3 Å². The number of aromatic nitrogens is 2. The van der Waals surface area contributed by atoms with Crippen LogP contribution in [0.15, 0.2) is 51.7 Å². The normalized spacial score (nSPS) is 18.9. The van der Waals surface area contributed by atoms with Crippen molar-refractivity contribution in [3.63, 3.8) is 0 Å². The zero-order valence-electron chi connectivity index (χ0n) is 15.3. The Morgan fingerprint density at radius 1 is 1.33 bits per heavy atom. The number of benzene rings is 1. The highest BCUT2D eigenvalue weighted by Gasteiger charge is 2.36. The van der Waals surface area contributed by atoms with Gasteiger partial charge in [-0.1, -0.05) is 19.1 Å². The summed E-state index contributed by atoms with van der Waals surface area (Å²) in [6.07, 6.45) is 4.30. The molecule has 2 atom stereocenters. The largest absolute Gasteiger partial charge is 0.461 e. The SMILES string of the molecule is CC1CC1c1ccc(C=CC(=O)N(C)Cc2nc3ccccc3c(=O)[nH]2)o1. The maximum Gasteiger partial charge on any atom is 0.258 e. The van der Waals surface area contributed by atoms with E-state index in [0.717, 1.165) is 12.2 Å². The summed E-state index contributed by atoms with van der Waals surface area (Å²) in [4.78, 5) is 33.1. The lowest BCUT2D eigenvalue weighted by atomic mass is 10.2. The van der Waals surface area contributed by atoms with E-state index in [4.69, 9.17) is 4.42 Å². The van der Waals surface area contributed by atoms with Crippen LogP contribution in [0.25, 0.3) is 17.0 Å². The molecule has 0 spiro atoms. The zero-order valence-corrected chi connectivity index (χ0v) is 15.3. The third-order valence-corrected chi connectivity index (χ3v) is 4.94. The first-order valence-electron chi connectivity index (χ1n) is 9.02. The Kier molecular flexibility index (Phi) is 4.39. The number of hydrogen-bond acceptors (Lipinski definition) is 4. The summed E-state index contributed by atoms with van der Waals surface area (Å²) in [5.41, 5.74) is 0.412. The van der Waals surface area contributed by atoms with Gasteiger partial charge in [0.15, 0.2) is 0 Å². The first-order valence-corrected chi connectivity index (χ1v) is 9.02. The number of likely N-dealkylation sites (N-methyl/N-ethyl adjacent to an activating group) is 1. The molecule has 1 saturated carbocycles. The standard InChI is InChI=1S/C21H21N3O3/c1-13-11-16(13)18-9-7-14(27-18)8-10-20(25)24(2)12-19-22-17-6-4-3-5-15(17)21(26)23-19/h3-10,13,16H,11-12H2,1-2H3,(H,22,23,26). The van der Waals surface area contributed by atoms with Gasteiger partial charge in [0.2, 0.25) is 5.91 Å². The molecule has 0 bridgehead atoms. The molecule has 1 aromatic carbocycles. The van der Waals surface area contributed by atoms with E-state index in [-0.39, 0.29) is 18.0 Å². The Labute approximate surface area is 156 Å². The number of rotatable bonds is 5. The molecule has 0 saturated heterocycles. The molecule has 6 nitrogen and oxygen atoms in total. The molecule has 4 rings (SSSR count). The summed E-state index contributed by atoms with van der Waals surface area (Å²) in [5.74, 6) is 3.11. The van der Waals surface area contributed by atoms with Crippen molar-refractivity contribution in [2.45, 2.75) is 25.8 Å². The number of amides is 1. The molecule has 0 aliphatic heterocycles. The molecule has 1 N–H and O–H groups in total. The third kappa shape index (κ3) is 3.69. The molecular formula is C21H21N3O3. The first kappa shape index (κ1) is 17.3. The van der Waals surface area contributed by atoms with Crippen molar-refractivity contribution in [2.75, 3.05) is 7.05 Å². The van der Waals surface area contributed by atoms with Crippen LogP contribution < -0.4 is 5.56 Å². The van der Waals surface area contributed by atoms with Gasteiger partial charge in [-0.3, -0.25) is 9.59 Å². The van der Waals surface area contributed by atoms with E-state index >= 15 is 0 Å². The maximum atomic E-state index is 12.4. The number of nitrogens with zero attached hydrogens (tertiary/aromatic N) is 2. The number of fused-ring (bicyclic) bond motifs is 1. The second kappa shape index (κ2) is 6.87. The highest BCUT2D eigenvalue weighted by molar-refractivity contribution is 5.91. The van der Waals surface area contributed by atoms with E-state index in [1.807, 2.05) is 18.2 Å². The lowest BCUT2D eigenvalue weighted by molar-refractivity contribution is -0.125. The molecule has 1 aliphatic rings. The van der Waals surface area contributed by atoms with Crippen LogP contribution in [0.4, 0.5) is 0 Å². The van der Waals surface area contributed by atoms with Crippen molar-refractivity contribution in [2.24, 2.45) is 5.92 Å². The molecule has 2 heterocycles. The van der Waals surface area contributed by atoms with Crippen LogP contribution in [0.1, 0.15) is 36.6 Å². The topological polar surface area (TPSA) is 79.2 Å². The van der Waals surface area contributed by atoms with Crippen LogP contribution in [0.3, 0.4) is 0 Å². The van der Waals surface area contributed by atoms with Crippen molar-refractivity contribution in [1.29, 1.82) is 0 Å². The lowest BCUT2D eigenvalue weighted by Crippen LogP contribution is -2.26. The van der Waals surface area contributed by atoms with Crippen LogP contribution in [0.2, 0.25) is 0 Å². The summed E-state index contributed by atoms with van der Waals surface area (Å²) in [6, 6.07) is 11.0. The van der Waals surface area contributed by atoms with E-state index < -0.39 is 0 Å². The van der Waals surface area contributed by atoms with Crippen molar-refractivity contribution in [1.82, 2.24) is 14.9 Å². The Morgan fingerprint density at radius 2 is 2.11 bits per heavy atom. The monoisotopic (exact) mass is 363 g/mol. The van der Waals surface area contributed by atoms with Crippen LogP contribution >= 0.6 is 0 Å². The fraction of sp³-hybridized carbons (Fsp3) is 0.286. The Morgan fingerprint density at radius 3 is 2.89 bits per heavy atom. The summed E-state index contributed by atoms with van der Waals surface area (Å²) < 4.78 is 5.77. The molecular weight excluding hydrogens is 342 g/mol. The average Bonchev–Trinajstić information content (AvgIpc) is 3.20. The van der Waals surface area contributed by atoms with Gasteiger partial charge in [-0.25, -0.2) is 4.98 Å². The van der Waals surface area contributed by atoms with Gasteiger partial charge in [0.1, 0.15) is 17.3 Å². The molecule has 27 heavy (non-hydrogen) atoms. The summed E-state index contributed by atoms with van der Waals surface area (Å²) in [6.45, 7) is 2.42. The fourth-order valence-corrected chi connectivity index (χ4v) is 3.17. The van der Waals surface area contributed by atoms with Gasteiger partial charge < -0.3 is 14.3 Å². The molecule has 0 radical (unpaired) electrons. The smallest absolute Gasteiger partial charge is 0.258 e. The summed E-state index contributed by atoms with van der Waals surface area (Å²) >= 11 is 0. The van der Waals surface area contributed by atoms with Gasteiger partial charge >= 0.3 is 0 Å². The minimum absolute atomic E-state index is 0.191. The van der Waals surface area contributed by atoms with Crippen LogP contribution in [-0.4, -0.2) is 27.8 Å². The van der Waals surface area contributed by atoms with Gasteiger partial charge in [0.05, 0.1) is 17.4 Å². The van der Waals surface area contributed by atoms with Gasteiger partial charge in [0.25, 0.3) is 5.56 Å². The number of para-hydroxylation sites is 1. The Bertz CT molecular complexity index is 1080. The molecule has 6 heteroatoms. The van der Waals surface area contributed by atoms with Crippen molar-refractivity contribution in [3.05, 3.63) is 70.2 Å². The van der Waals surface area contributed by atoms with Crippen LogP contribution in [-0.2, 0) is 11.3 Å². The molecule has 1 amide bonds. The predicted molar refractivity (Wildman–Crippen MR) is 103 cm³/mol. The highest BCUT2D eigenvalue weighted by atomic mass is 16.3. The van der Waals surface area contributed by atoms with Crippen molar-refractivity contribution >= 4 is 22.9 Å². The Hall–Kier alpha value is -3.15. The number of H-pyrrole nitrogens is 1. The van der Waals surface area contributed by atoms with E-state index in [1.54, 1.807) is 31.3 Å². The van der Waals surface area contributed by atoms with Gasteiger partial charge in [-0.05, 0) is 42.7 Å². The van der Waals surface area contributed by atoms with E-state index in [1.165, 1.54) is 11.0 Å². The lowest BCUT2D eigenvalue weighted by Gasteiger charge is -2.14. The van der Waals surface area contributed by atoms with Crippen molar-refractivity contribution in [3.8, 4) is 0 Å². The quantitative estimate of drug-likeness (QED) is 0.705. The number of hydrogen-bond donors (Lipinski definition) is 1. The first-order chi connectivity index (χ1) is 13.0. The molecule has 1 fully saturated rings. The minimum Gasteiger partial charge on any atom is -0.461 e. The average molecular weight is 363 g/mol. The maximum absolute atomic E-state index is 12.4. The predicted octanol–water partition coefficient (Wildman–Crippen LogP) is 3.31. The third-order valence-electron chi connectivity index (χ3n) is 4.94. The molecule has 1 aliphatic carbocycles. The second-order valence-electron chi connectivity index (χ2n) is 7.12. The second-order valence-corrected chi connectivity index (χ2v) is 7.12. The number of carbonyl (C=O) groups is 1. The zero-order chi connectivity index (χ0) is 19.0.